The SMILES string of the molecule is CCNC(=NCC1CCN(C(C)=O)CC1)NC1CCCC(SC)C1.I. The van der Waals surface area contributed by atoms with Gasteiger partial charge in [0.25, 0.3) is 0 Å². The third-order valence-electron chi connectivity index (χ3n) is 5.21. The highest BCUT2D eigenvalue weighted by atomic mass is 127. The van der Waals surface area contributed by atoms with Gasteiger partial charge in [-0.25, -0.2) is 0 Å². The number of carbonyl (C=O) groups excluding carboxylic acids is 1. The van der Waals surface area contributed by atoms with E-state index in [0.717, 1.165) is 50.2 Å². The maximum absolute atomic E-state index is 11.4. The van der Waals surface area contributed by atoms with Crippen molar-refractivity contribution in [2.45, 2.75) is 63.7 Å². The zero-order valence-electron chi connectivity index (χ0n) is 15.9. The van der Waals surface area contributed by atoms with E-state index in [1.807, 2.05) is 16.7 Å². The molecule has 1 amide bonds. The molecule has 1 saturated heterocycles. The van der Waals surface area contributed by atoms with Crippen molar-refractivity contribution in [1.29, 1.82) is 0 Å². The lowest BCUT2D eigenvalue weighted by Crippen LogP contribution is -2.46. The van der Waals surface area contributed by atoms with Crippen molar-refractivity contribution in [2.24, 2.45) is 10.9 Å². The molecular weight excluding hydrogens is 447 g/mol. The van der Waals surface area contributed by atoms with Gasteiger partial charge in [-0.1, -0.05) is 6.42 Å². The molecule has 2 fully saturated rings. The van der Waals surface area contributed by atoms with E-state index in [1.165, 1.54) is 25.7 Å². The topological polar surface area (TPSA) is 56.7 Å². The predicted octanol–water partition coefficient (Wildman–Crippen LogP) is 3.09. The summed E-state index contributed by atoms with van der Waals surface area (Å²) in [7, 11) is 0. The van der Waals surface area contributed by atoms with Crippen LogP contribution in [-0.2, 0) is 4.79 Å². The van der Waals surface area contributed by atoms with Gasteiger partial charge >= 0.3 is 0 Å². The Morgan fingerprint density at radius 3 is 2.56 bits per heavy atom. The van der Waals surface area contributed by atoms with Crippen LogP contribution in [0.5, 0.6) is 0 Å². The number of hydrogen-bond acceptors (Lipinski definition) is 3. The molecule has 2 aliphatic rings. The molecule has 1 aliphatic heterocycles. The first-order chi connectivity index (χ1) is 11.6. The Morgan fingerprint density at radius 1 is 1.24 bits per heavy atom. The van der Waals surface area contributed by atoms with Crippen molar-refractivity contribution in [2.75, 3.05) is 32.4 Å². The number of rotatable bonds is 5. The fraction of sp³-hybridized carbons (Fsp3) is 0.889. The van der Waals surface area contributed by atoms with E-state index >= 15 is 0 Å². The van der Waals surface area contributed by atoms with Gasteiger partial charge in [0.1, 0.15) is 0 Å². The van der Waals surface area contributed by atoms with Crippen LogP contribution >= 0.6 is 35.7 Å². The molecular formula is C18H35IN4OS. The van der Waals surface area contributed by atoms with Crippen LogP contribution in [0, 0.1) is 5.92 Å². The number of nitrogens with zero attached hydrogens (tertiary/aromatic N) is 2. The molecule has 1 aliphatic carbocycles. The van der Waals surface area contributed by atoms with Crippen LogP contribution in [0.4, 0.5) is 0 Å². The van der Waals surface area contributed by atoms with Gasteiger partial charge in [0, 0.05) is 44.4 Å². The Kier molecular flexibility index (Phi) is 11.2. The summed E-state index contributed by atoms with van der Waals surface area (Å²) in [5, 5.41) is 7.83. The summed E-state index contributed by atoms with van der Waals surface area (Å²) >= 11 is 2.00. The van der Waals surface area contributed by atoms with Crippen molar-refractivity contribution in [3.8, 4) is 0 Å². The third-order valence-corrected chi connectivity index (χ3v) is 6.31. The van der Waals surface area contributed by atoms with Crippen molar-refractivity contribution < 1.29 is 4.79 Å². The normalized spacial score (nSPS) is 25.2. The first kappa shape index (κ1) is 22.9. The number of likely N-dealkylation sites (tertiary alicyclic amines) is 1. The van der Waals surface area contributed by atoms with Gasteiger partial charge in [0.15, 0.2) is 5.96 Å². The van der Waals surface area contributed by atoms with Gasteiger partial charge in [0.2, 0.25) is 5.91 Å². The number of piperidine rings is 1. The molecule has 1 saturated carbocycles. The monoisotopic (exact) mass is 482 g/mol. The number of carbonyl (C=O) groups is 1. The summed E-state index contributed by atoms with van der Waals surface area (Å²) in [6, 6.07) is 0.550. The van der Waals surface area contributed by atoms with Crippen molar-refractivity contribution >= 4 is 47.6 Å². The van der Waals surface area contributed by atoms with Crippen molar-refractivity contribution in [1.82, 2.24) is 15.5 Å². The van der Waals surface area contributed by atoms with Crippen LogP contribution in [0.1, 0.15) is 52.4 Å². The second kappa shape index (κ2) is 12.3. The summed E-state index contributed by atoms with van der Waals surface area (Å²) in [6.45, 7) is 7.31. The molecule has 0 aromatic rings. The van der Waals surface area contributed by atoms with Crippen LogP contribution in [0.2, 0.25) is 0 Å². The summed E-state index contributed by atoms with van der Waals surface area (Å²) < 4.78 is 0. The standard InChI is InChI=1S/C18H34N4OS.HI/c1-4-19-18(21-16-6-5-7-17(12-16)24-3)20-13-15-8-10-22(11-9-15)14(2)23;/h15-17H,4-13H2,1-3H3,(H2,19,20,21);1H. The molecule has 5 nitrogen and oxygen atoms in total. The maximum Gasteiger partial charge on any atom is 0.219 e. The number of thioether (sulfide) groups is 1. The van der Waals surface area contributed by atoms with E-state index in [0.29, 0.717) is 12.0 Å². The molecule has 1 heterocycles. The molecule has 146 valence electrons. The molecule has 0 bridgehead atoms. The number of halogens is 1. The van der Waals surface area contributed by atoms with E-state index in [1.54, 1.807) is 6.92 Å². The summed E-state index contributed by atoms with van der Waals surface area (Å²) in [5.41, 5.74) is 0. The van der Waals surface area contributed by atoms with E-state index in [-0.39, 0.29) is 29.9 Å². The molecule has 2 atom stereocenters. The molecule has 2 rings (SSSR count). The van der Waals surface area contributed by atoms with Crippen molar-refractivity contribution in [3.05, 3.63) is 0 Å². The zero-order valence-corrected chi connectivity index (χ0v) is 19.1. The Hall–Kier alpha value is -0.180. The van der Waals surface area contributed by atoms with Crippen LogP contribution in [0.3, 0.4) is 0 Å². The lowest BCUT2D eigenvalue weighted by Gasteiger charge is -2.31. The number of nitrogens with one attached hydrogen (secondary N) is 2. The fourth-order valence-corrected chi connectivity index (χ4v) is 4.48. The first-order valence-electron chi connectivity index (χ1n) is 9.45. The third kappa shape index (κ3) is 7.93. The lowest BCUT2D eigenvalue weighted by atomic mass is 9.95. The second-order valence-corrected chi connectivity index (χ2v) is 8.17. The zero-order chi connectivity index (χ0) is 17.4. The number of amides is 1. The van der Waals surface area contributed by atoms with Gasteiger partial charge in [0.05, 0.1) is 0 Å². The molecule has 0 spiro atoms. The summed E-state index contributed by atoms with van der Waals surface area (Å²) in [5.74, 6) is 1.77. The van der Waals surface area contributed by atoms with Gasteiger partial charge in [-0.15, -0.1) is 24.0 Å². The van der Waals surface area contributed by atoms with E-state index < -0.39 is 0 Å². The van der Waals surface area contributed by atoms with Crippen molar-refractivity contribution in [3.63, 3.8) is 0 Å². The Morgan fingerprint density at radius 2 is 1.96 bits per heavy atom. The molecule has 7 heteroatoms. The lowest BCUT2D eigenvalue weighted by molar-refractivity contribution is -0.130. The fourth-order valence-electron chi connectivity index (χ4n) is 3.65. The number of aliphatic imine (C=N–C) groups is 1. The first-order valence-corrected chi connectivity index (χ1v) is 10.7. The average Bonchev–Trinajstić information content (AvgIpc) is 2.60. The van der Waals surface area contributed by atoms with Crippen LogP contribution in [-0.4, -0.2) is 60.5 Å². The predicted molar refractivity (Wildman–Crippen MR) is 119 cm³/mol. The molecule has 0 aromatic heterocycles. The number of hydrogen-bond donors (Lipinski definition) is 2. The molecule has 0 radical (unpaired) electrons. The van der Waals surface area contributed by atoms with Gasteiger partial charge in [-0.05, 0) is 51.2 Å². The Balaban J connectivity index is 0.00000312. The van der Waals surface area contributed by atoms with Crippen LogP contribution in [0.25, 0.3) is 0 Å². The number of guanidine groups is 1. The van der Waals surface area contributed by atoms with Crippen LogP contribution in [0.15, 0.2) is 4.99 Å². The highest BCUT2D eigenvalue weighted by Crippen LogP contribution is 2.26. The highest BCUT2D eigenvalue weighted by molar-refractivity contribution is 14.0. The summed E-state index contributed by atoms with van der Waals surface area (Å²) in [4.78, 5) is 18.2. The van der Waals surface area contributed by atoms with Gasteiger partial charge < -0.3 is 15.5 Å². The molecule has 2 N–H and O–H groups in total. The minimum Gasteiger partial charge on any atom is -0.357 e. The van der Waals surface area contributed by atoms with E-state index in [9.17, 15) is 4.79 Å². The Labute approximate surface area is 174 Å². The van der Waals surface area contributed by atoms with E-state index in [2.05, 4.69) is 23.8 Å². The molecule has 2 unspecified atom stereocenters. The smallest absolute Gasteiger partial charge is 0.219 e. The minimum atomic E-state index is 0. The van der Waals surface area contributed by atoms with Gasteiger partial charge in [-0.2, -0.15) is 11.8 Å². The largest absolute Gasteiger partial charge is 0.357 e. The quantitative estimate of drug-likeness (QED) is 0.359. The molecule has 0 aromatic carbocycles. The van der Waals surface area contributed by atoms with E-state index in [4.69, 9.17) is 4.99 Å². The van der Waals surface area contributed by atoms with Gasteiger partial charge in [-0.3, -0.25) is 9.79 Å². The van der Waals surface area contributed by atoms with Crippen LogP contribution < -0.4 is 10.6 Å². The average molecular weight is 482 g/mol. The highest BCUT2D eigenvalue weighted by Gasteiger charge is 2.23. The maximum atomic E-state index is 11.4. The minimum absolute atomic E-state index is 0. The molecule has 25 heavy (non-hydrogen) atoms. The second-order valence-electron chi connectivity index (χ2n) is 7.03. The summed E-state index contributed by atoms with van der Waals surface area (Å²) in [6.07, 6.45) is 9.51. The Bertz CT molecular complexity index is 427.